The van der Waals surface area contributed by atoms with Gasteiger partial charge in [0.05, 0.1) is 24.4 Å². The number of nitrogens with two attached hydrogens (primary N) is 1. The van der Waals surface area contributed by atoms with Crippen LogP contribution < -0.4 is 32.6 Å². The van der Waals surface area contributed by atoms with Crippen LogP contribution in [0.2, 0.25) is 0 Å². The third kappa shape index (κ3) is 15.1. The number of carbonyl (C=O) groups is 6. The maximum Gasteiger partial charge on any atom is 0.326 e. The number of carbonyl (C=O) groups excluding carboxylic acids is 4. The standard InChI is InChI=1S/C41H46IN9O9/c1-2-6-26(37(55)48-31(39(57)58)8-3-4-20-44-33(53)9-5-7-24-10-14-27(42)15-11-24)21-30(52)18-19-32(40(59)60)49-36(54)25-12-16-28(17-13-25)45-22-29-23-46-35-34(47-29)38(56)51-41(43)50-35/h1,10-17,23,26,31-32,45H,3-9,18-22H2,(H,44,53)(H,48,55)(H,49,54)(H,57,58)(H,59,60)(H3,43,46,50,51,56). The summed E-state index contributed by atoms with van der Waals surface area (Å²) in [4.78, 5) is 102. The molecule has 0 bridgehead atoms. The van der Waals surface area contributed by atoms with Gasteiger partial charge in [-0.15, -0.1) is 12.3 Å². The van der Waals surface area contributed by atoms with Crippen LogP contribution >= 0.6 is 22.6 Å². The van der Waals surface area contributed by atoms with Crippen LogP contribution in [0.3, 0.4) is 0 Å². The van der Waals surface area contributed by atoms with Crippen molar-refractivity contribution in [2.24, 2.45) is 5.92 Å². The zero-order valence-corrected chi connectivity index (χ0v) is 34.7. The zero-order valence-electron chi connectivity index (χ0n) is 32.5. The number of carboxylic acids is 2. The van der Waals surface area contributed by atoms with E-state index in [9.17, 15) is 43.8 Å². The van der Waals surface area contributed by atoms with Crippen LogP contribution in [0, 0.1) is 21.8 Å². The summed E-state index contributed by atoms with van der Waals surface area (Å²) in [5, 5.41) is 30.3. The number of nitrogens with zero attached hydrogens (tertiary/aromatic N) is 3. The van der Waals surface area contributed by atoms with Crippen LogP contribution in [-0.2, 0) is 36.9 Å². The summed E-state index contributed by atoms with van der Waals surface area (Å²) >= 11 is 2.23. The summed E-state index contributed by atoms with van der Waals surface area (Å²) in [5.74, 6) is -3.46. The molecule has 4 aromatic rings. The second kappa shape index (κ2) is 23.2. The first-order valence-corrected chi connectivity index (χ1v) is 20.2. The van der Waals surface area contributed by atoms with E-state index in [1.54, 1.807) is 12.1 Å². The molecular weight excluding hydrogens is 889 g/mol. The fraction of sp³-hybridized carbons (Fsp3) is 0.366. The number of unbranched alkanes of at least 4 members (excludes halogenated alkanes) is 1. The van der Waals surface area contributed by atoms with E-state index in [4.69, 9.17) is 12.2 Å². The van der Waals surface area contributed by atoms with E-state index in [0.29, 0.717) is 43.6 Å². The maximum atomic E-state index is 13.1. The number of benzene rings is 2. The number of terminal acetylenes is 1. The third-order valence-electron chi connectivity index (χ3n) is 9.27. The number of hydrogen-bond donors (Lipinski definition) is 8. The number of nitrogen functional groups attached to an aromatic ring is 1. The van der Waals surface area contributed by atoms with Crippen molar-refractivity contribution in [1.29, 1.82) is 0 Å². The van der Waals surface area contributed by atoms with Crippen molar-refractivity contribution in [2.45, 2.75) is 82.8 Å². The topological polar surface area (TPSA) is 289 Å². The molecule has 3 amide bonds. The summed E-state index contributed by atoms with van der Waals surface area (Å²) in [6.45, 7) is 0.527. The molecule has 0 fully saturated rings. The van der Waals surface area contributed by atoms with Crippen LogP contribution in [0.4, 0.5) is 11.6 Å². The van der Waals surface area contributed by atoms with E-state index in [-0.39, 0.29) is 67.2 Å². The van der Waals surface area contributed by atoms with Gasteiger partial charge >= 0.3 is 11.9 Å². The van der Waals surface area contributed by atoms with Gasteiger partial charge in [0.2, 0.25) is 17.8 Å². The quantitative estimate of drug-likeness (QED) is 0.0285. The number of aromatic nitrogens is 4. The van der Waals surface area contributed by atoms with Crippen LogP contribution in [0.5, 0.6) is 0 Å². The molecule has 60 heavy (non-hydrogen) atoms. The number of aliphatic carboxylic acids is 2. The molecule has 0 saturated carbocycles. The van der Waals surface area contributed by atoms with E-state index in [0.717, 1.165) is 15.6 Å². The number of carboxylic acid groups (broad SMARTS) is 2. The zero-order chi connectivity index (χ0) is 43.6. The Labute approximate surface area is 358 Å². The number of hydrogen-bond acceptors (Lipinski definition) is 12. The number of anilines is 2. The average molecular weight is 936 g/mol. The lowest BCUT2D eigenvalue weighted by molar-refractivity contribution is -0.142. The molecule has 3 atom stereocenters. The first-order chi connectivity index (χ1) is 28.7. The summed E-state index contributed by atoms with van der Waals surface area (Å²) < 4.78 is 1.14. The Hall–Kier alpha value is -6.43. The van der Waals surface area contributed by atoms with E-state index < -0.39 is 53.1 Å². The number of aromatic amines is 1. The van der Waals surface area contributed by atoms with E-state index >= 15 is 0 Å². The number of halogens is 1. The SMILES string of the molecule is C#CCC(CC(=O)CCC(NC(=O)c1ccc(NCc2cnc3nc(N)[nH]c(=O)c3n2)cc1)C(=O)O)C(=O)NC(CCCCNC(=O)CCCc1ccc(I)cc1)C(=O)O. The monoisotopic (exact) mass is 935 g/mol. The molecule has 0 aliphatic heterocycles. The fourth-order valence-electron chi connectivity index (χ4n) is 6.01. The van der Waals surface area contributed by atoms with E-state index in [1.807, 2.05) is 24.3 Å². The second-order valence-electron chi connectivity index (χ2n) is 13.9. The minimum atomic E-state index is -1.43. The van der Waals surface area contributed by atoms with Crippen molar-refractivity contribution in [2.75, 3.05) is 17.6 Å². The summed E-state index contributed by atoms with van der Waals surface area (Å²) in [6.07, 6.45) is 8.58. The molecule has 0 aliphatic rings. The Balaban J connectivity index is 1.18. The number of aryl methyl sites for hydroxylation is 1. The number of rotatable bonds is 24. The number of amides is 3. The van der Waals surface area contributed by atoms with Gasteiger partial charge in [0.1, 0.15) is 17.9 Å². The lowest BCUT2D eigenvalue weighted by atomic mass is 9.94. The first kappa shape index (κ1) is 46.3. The van der Waals surface area contributed by atoms with Crippen molar-refractivity contribution in [3.63, 3.8) is 0 Å². The van der Waals surface area contributed by atoms with Crippen LogP contribution in [-0.4, -0.2) is 84.2 Å². The van der Waals surface area contributed by atoms with Crippen molar-refractivity contribution in [3.05, 3.63) is 85.5 Å². The van der Waals surface area contributed by atoms with E-state index in [2.05, 4.69) is 69.7 Å². The lowest BCUT2D eigenvalue weighted by Crippen LogP contribution is -2.44. The van der Waals surface area contributed by atoms with Gasteiger partial charge < -0.3 is 37.2 Å². The second-order valence-corrected chi connectivity index (χ2v) is 15.1. The van der Waals surface area contributed by atoms with Gasteiger partial charge in [0, 0.05) is 47.0 Å². The van der Waals surface area contributed by atoms with Crippen molar-refractivity contribution >= 4 is 80.8 Å². The van der Waals surface area contributed by atoms with Gasteiger partial charge in [-0.25, -0.2) is 19.6 Å². The molecule has 316 valence electrons. The Kier molecular flexibility index (Phi) is 17.9. The van der Waals surface area contributed by atoms with Crippen molar-refractivity contribution in [1.82, 2.24) is 35.9 Å². The Morgan fingerprint density at radius 1 is 0.883 bits per heavy atom. The summed E-state index contributed by atoms with van der Waals surface area (Å²) in [5.41, 5.74) is 7.44. The molecule has 0 saturated heterocycles. The van der Waals surface area contributed by atoms with Gasteiger partial charge in [-0.1, -0.05) is 12.1 Å². The molecule has 3 unspecified atom stereocenters. The molecule has 2 heterocycles. The summed E-state index contributed by atoms with van der Waals surface area (Å²) in [7, 11) is 0. The minimum absolute atomic E-state index is 0.0233. The number of fused-ring (bicyclic) bond motifs is 1. The van der Waals surface area contributed by atoms with Gasteiger partial charge in [0.15, 0.2) is 11.2 Å². The molecule has 4 rings (SSSR count). The number of ketones is 1. The number of nitrogens with one attached hydrogen (secondary N) is 5. The minimum Gasteiger partial charge on any atom is -0.480 e. The fourth-order valence-corrected chi connectivity index (χ4v) is 6.37. The highest BCUT2D eigenvalue weighted by atomic mass is 127. The van der Waals surface area contributed by atoms with Gasteiger partial charge in [-0.05, 0) is 103 Å². The molecule has 0 spiro atoms. The largest absolute Gasteiger partial charge is 0.480 e. The normalized spacial score (nSPS) is 12.3. The summed E-state index contributed by atoms with van der Waals surface area (Å²) in [6, 6.07) is 11.5. The Morgan fingerprint density at radius 3 is 2.27 bits per heavy atom. The number of Topliss-reactive ketones (excluding diaryl/α,β-unsaturated/α-hetero) is 1. The molecule has 0 aliphatic carbocycles. The highest BCUT2D eigenvalue weighted by Gasteiger charge is 2.28. The highest BCUT2D eigenvalue weighted by molar-refractivity contribution is 14.1. The molecule has 0 radical (unpaired) electrons. The third-order valence-corrected chi connectivity index (χ3v) is 9.99. The predicted octanol–water partition coefficient (Wildman–Crippen LogP) is 2.95. The van der Waals surface area contributed by atoms with E-state index in [1.165, 1.54) is 18.3 Å². The van der Waals surface area contributed by atoms with Crippen LogP contribution in [0.25, 0.3) is 11.2 Å². The highest BCUT2D eigenvalue weighted by Crippen LogP contribution is 2.16. The molecule has 2 aromatic heterocycles. The first-order valence-electron chi connectivity index (χ1n) is 19.1. The molecule has 2 aromatic carbocycles. The Bertz CT molecular complexity index is 2260. The average Bonchev–Trinajstić information content (AvgIpc) is 3.21. The molecule has 9 N–H and O–H groups in total. The smallest absolute Gasteiger partial charge is 0.326 e. The van der Waals surface area contributed by atoms with Gasteiger partial charge in [-0.2, -0.15) is 4.98 Å². The van der Waals surface area contributed by atoms with Crippen molar-refractivity contribution in [3.8, 4) is 12.3 Å². The number of H-pyrrole nitrogens is 1. The van der Waals surface area contributed by atoms with Gasteiger partial charge in [0.25, 0.3) is 11.5 Å². The lowest BCUT2D eigenvalue weighted by Gasteiger charge is -2.19. The van der Waals surface area contributed by atoms with Crippen LogP contribution in [0.15, 0.2) is 59.5 Å². The van der Waals surface area contributed by atoms with Crippen molar-refractivity contribution < 1.29 is 39.0 Å². The van der Waals surface area contributed by atoms with Crippen LogP contribution in [0.1, 0.15) is 79.4 Å². The Morgan fingerprint density at radius 2 is 1.58 bits per heavy atom. The molecule has 19 heteroatoms. The molecular formula is C41H46IN9O9. The molecule has 18 nitrogen and oxygen atoms in total. The van der Waals surface area contributed by atoms with Gasteiger partial charge in [-0.3, -0.25) is 29.0 Å². The maximum absolute atomic E-state index is 13.1. The predicted molar refractivity (Wildman–Crippen MR) is 229 cm³/mol.